The van der Waals surface area contributed by atoms with Gasteiger partial charge in [-0.2, -0.15) is 0 Å². The Bertz CT molecular complexity index is 74.6. The molecule has 0 aliphatic rings. The summed E-state index contributed by atoms with van der Waals surface area (Å²) in [5, 5.41) is 0. The Kier molecular flexibility index (Phi) is 5.59. The molecule has 0 atom stereocenters. The van der Waals surface area contributed by atoms with Crippen molar-refractivity contribution in [2.24, 2.45) is 4.99 Å². The van der Waals surface area contributed by atoms with Gasteiger partial charge in [0, 0.05) is 6.04 Å². The third kappa shape index (κ3) is 7.67. The standard InChI is InChI=1S/C8H16N/c1-4-5-6-7-9-8(2)3/h8H,4-6H2,1-3H3. The van der Waals surface area contributed by atoms with Gasteiger partial charge in [-0.25, -0.2) is 0 Å². The van der Waals surface area contributed by atoms with Crippen LogP contribution in [0.25, 0.3) is 0 Å². The van der Waals surface area contributed by atoms with Crippen molar-refractivity contribution in [3.05, 3.63) is 0 Å². The minimum atomic E-state index is 0.418. The van der Waals surface area contributed by atoms with Crippen LogP contribution in [0.2, 0.25) is 0 Å². The van der Waals surface area contributed by atoms with Crippen LogP contribution in [0.3, 0.4) is 0 Å². The molecular weight excluding hydrogens is 110 g/mol. The summed E-state index contributed by atoms with van der Waals surface area (Å²) in [6.45, 7) is 6.31. The second-order valence-corrected chi connectivity index (χ2v) is 2.48. The zero-order chi connectivity index (χ0) is 7.11. The van der Waals surface area contributed by atoms with E-state index in [1.54, 1.807) is 0 Å². The maximum atomic E-state index is 4.11. The average Bonchev–Trinajstić information content (AvgIpc) is 1.80. The molecule has 1 nitrogen and oxygen atoms in total. The highest BCUT2D eigenvalue weighted by atomic mass is 14.7. The van der Waals surface area contributed by atoms with Crippen LogP contribution in [0.15, 0.2) is 4.99 Å². The number of aliphatic imine (C=N–C) groups is 1. The topological polar surface area (TPSA) is 12.4 Å². The fourth-order valence-corrected chi connectivity index (χ4v) is 0.503. The molecule has 53 valence electrons. The average molecular weight is 126 g/mol. The van der Waals surface area contributed by atoms with Crippen LogP contribution in [0.1, 0.15) is 40.0 Å². The van der Waals surface area contributed by atoms with Gasteiger partial charge < -0.3 is 0 Å². The SMILES string of the molecule is CCCC/[C]=N/C(C)C. The second kappa shape index (κ2) is 5.80. The smallest absolute Gasteiger partial charge is 0.0561 e. The van der Waals surface area contributed by atoms with Gasteiger partial charge in [0.2, 0.25) is 0 Å². The highest BCUT2D eigenvalue weighted by Gasteiger charge is 1.83. The predicted molar refractivity (Wildman–Crippen MR) is 42.1 cm³/mol. The summed E-state index contributed by atoms with van der Waals surface area (Å²) in [6.07, 6.45) is 6.49. The van der Waals surface area contributed by atoms with Crippen molar-refractivity contribution in [1.29, 1.82) is 0 Å². The Hall–Kier alpha value is -0.330. The molecule has 0 saturated heterocycles. The normalized spacial score (nSPS) is 11.6. The van der Waals surface area contributed by atoms with E-state index in [0.717, 1.165) is 6.42 Å². The van der Waals surface area contributed by atoms with E-state index in [1.807, 2.05) is 0 Å². The Morgan fingerprint density at radius 2 is 2.11 bits per heavy atom. The zero-order valence-corrected chi connectivity index (χ0v) is 6.65. The molecule has 0 heterocycles. The summed E-state index contributed by atoms with van der Waals surface area (Å²) in [6, 6.07) is 0.418. The van der Waals surface area contributed by atoms with Crippen molar-refractivity contribution in [3.63, 3.8) is 0 Å². The maximum Gasteiger partial charge on any atom is 0.0561 e. The summed E-state index contributed by atoms with van der Waals surface area (Å²) in [5.74, 6) is 0. The first-order valence-electron chi connectivity index (χ1n) is 3.70. The summed E-state index contributed by atoms with van der Waals surface area (Å²) in [5.41, 5.74) is 0. The van der Waals surface area contributed by atoms with Gasteiger partial charge in [-0.15, -0.1) is 0 Å². The van der Waals surface area contributed by atoms with Gasteiger partial charge in [-0.3, -0.25) is 4.99 Å². The first-order chi connectivity index (χ1) is 4.27. The second-order valence-electron chi connectivity index (χ2n) is 2.48. The maximum absolute atomic E-state index is 4.11. The molecular formula is C8H16N. The summed E-state index contributed by atoms with van der Waals surface area (Å²) < 4.78 is 0. The molecule has 0 aliphatic carbocycles. The zero-order valence-electron chi connectivity index (χ0n) is 6.65. The molecule has 0 rings (SSSR count). The molecule has 0 N–H and O–H groups in total. The van der Waals surface area contributed by atoms with Crippen molar-refractivity contribution in [1.82, 2.24) is 0 Å². The van der Waals surface area contributed by atoms with E-state index < -0.39 is 0 Å². The molecule has 0 fully saturated rings. The molecule has 1 radical (unpaired) electrons. The van der Waals surface area contributed by atoms with Crippen LogP contribution in [-0.4, -0.2) is 12.3 Å². The number of hydrogen-bond donors (Lipinski definition) is 0. The third-order valence-electron chi connectivity index (χ3n) is 0.992. The Morgan fingerprint density at radius 3 is 2.56 bits per heavy atom. The lowest BCUT2D eigenvalue weighted by atomic mass is 10.3. The number of hydrogen-bond acceptors (Lipinski definition) is 1. The molecule has 0 unspecified atom stereocenters. The summed E-state index contributed by atoms with van der Waals surface area (Å²) in [4.78, 5) is 4.11. The molecule has 0 bridgehead atoms. The van der Waals surface area contributed by atoms with Gasteiger partial charge >= 0.3 is 0 Å². The minimum Gasteiger partial charge on any atom is -0.285 e. The van der Waals surface area contributed by atoms with Crippen molar-refractivity contribution in [3.8, 4) is 0 Å². The van der Waals surface area contributed by atoms with Gasteiger partial charge in [0.05, 0.1) is 6.21 Å². The molecule has 0 aromatic heterocycles. The molecule has 0 aliphatic heterocycles. The van der Waals surface area contributed by atoms with Crippen LogP contribution < -0.4 is 0 Å². The van der Waals surface area contributed by atoms with Crippen molar-refractivity contribution < 1.29 is 0 Å². The van der Waals surface area contributed by atoms with Crippen LogP contribution >= 0.6 is 0 Å². The largest absolute Gasteiger partial charge is 0.285 e. The van der Waals surface area contributed by atoms with E-state index in [0.29, 0.717) is 6.04 Å². The molecule has 0 spiro atoms. The van der Waals surface area contributed by atoms with Gasteiger partial charge in [-0.1, -0.05) is 13.3 Å². The van der Waals surface area contributed by atoms with Crippen LogP contribution in [-0.2, 0) is 0 Å². The predicted octanol–water partition coefficient (Wildman–Crippen LogP) is 2.53. The van der Waals surface area contributed by atoms with E-state index in [4.69, 9.17) is 0 Å². The van der Waals surface area contributed by atoms with Crippen LogP contribution in [0.5, 0.6) is 0 Å². The summed E-state index contributed by atoms with van der Waals surface area (Å²) >= 11 is 0. The van der Waals surface area contributed by atoms with Crippen LogP contribution in [0, 0.1) is 0 Å². The number of rotatable bonds is 4. The van der Waals surface area contributed by atoms with E-state index in [2.05, 4.69) is 32.0 Å². The highest BCUT2D eigenvalue weighted by Crippen LogP contribution is 1.91. The van der Waals surface area contributed by atoms with Gasteiger partial charge in [0.25, 0.3) is 0 Å². The molecule has 0 amide bonds. The lowest BCUT2D eigenvalue weighted by molar-refractivity contribution is 0.810. The number of unbranched alkanes of at least 4 members (excludes halogenated alkanes) is 2. The molecule has 0 aromatic carbocycles. The van der Waals surface area contributed by atoms with Crippen LogP contribution in [0.4, 0.5) is 0 Å². The fraction of sp³-hybridized carbons (Fsp3) is 0.875. The first-order valence-corrected chi connectivity index (χ1v) is 3.70. The van der Waals surface area contributed by atoms with E-state index in [9.17, 15) is 0 Å². The third-order valence-corrected chi connectivity index (χ3v) is 0.992. The highest BCUT2D eigenvalue weighted by molar-refractivity contribution is 5.57. The molecule has 0 saturated carbocycles. The Morgan fingerprint density at radius 1 is 1.44 bits per heavy atom. The molecule has 1 heteroatoms. The van der Waals surface area contributed by atoms with Gasteiger partial charge in [0.15, 0.2) is 0 Å². The monoisotopic (exact) mass is 126 g/mol. The number of nitrogens with zero attached hydrogens (tertiary/aromatic N) is 1. The Balaban J connectivity index is 3.04. The minimum absolute atomic E-state index is 0.418. The Labute approximate surface area is 58.2 Å². The van der Waals surface area contributed by atoms with Crippen molar-refractivity contribution in [2.75, 3.05) is 0 Å². The lowest BCUT2D eigenvalue weighted by Crippen LogP contribution is -1.88. The van der Waals surface area contributed by atoms with Crippen molar-refractivity contribution in [2.45, 2.75) is 46.1 Å². The molecule has 0 aromatic rings. The first kappa shape index (κ1) is 8.67. The summed E-state index contributed by atoms with van der Waals surface area (Å²) in [7, 11) is 0. The van der Waals surface area contributed by atoms with Gasteiger partial charge in [-0.05, 0) is 26.7 Å². The van der Waals surface area contributed by atoms with Crippen molar-refractivity contribution >= 4 is 6.21 Å². The van der Waals surface area contributed by atoms with E-state index in [-0.39, 0.29) is 0 Å². The fourth-order valence-electron chi connectivity index (χ4n) is 0.503. The van der Waals surface area contributed by atoms with Gasteiger partial charge in [0.1, 0.15) is 0 Å². The molecule has 9 heavy (non-hydrogen) atoms. The lowest BCUT2D eigenvalue weighted by Gasteiger charge is -1.91. The van der Waals surface area contributed by atoms with E-state index in [1.165, 1.54) is 12.8 Å². The van der Waals surface area contributed by atoms with E-state index >= 15 is 0 Å². The quantitative estimate of drug-likeness (QED) is 0.405.